The molecule has 0 spiro atoms. The highest BCUT2D eigenvalue weighted by molar-refractivity contribution is 5.93. The minimum atomic E-state index is -0.159. The van der Waals surface area contributed by atoms with E-state index in [0.717, 1.165) is 42.2 Å². The number of anilines is 1. The van der Waals surface area contributed by atoms with Crippen LogP contribution >= 0.6 is 0 Å². The van der Waals surface area contributed by atoms with Crippen LogP contribution in [-0.2, 0) is 22.6 Å². The third-order valence-corrected chi connectivity index (χ3v) is 5.24. The summed E-state index contributed by atoms with van der Waals surface area (Å²) in [5, 5.41) is 12.6. The summed E-state index contributed by atoms with van der Waals surface area (Å²) < 4.78 is 13.3. The number of amides is 1. The number of rotatable bonds is 7. The zero-order valence-electron chi connectivity index (χ0n) is 17.0. The van der Waals surface area contributed by atoms with Gasteiger partial charge in [-0.15, -0.1) is 0 Å². The molecular formula is C21H28N4O3. The highest BCUT2D eigenvalue weighted by Gasteiger charge is 2.24. The van der Waals surface area contributed by atoms with Crippen LogP contribution in [0.1, 0.15) is 41.2 Å². The molecule has 0 bridgehead atoms. The van der Waals surface area contributed by atoms with E-state index < -0.39 is 0 Å². The second kappa shape index (κ2) is 8.63. The zero-order chi connectivity index (χ0) is 20.3. The van der Waals surface area contributed by atoms with Gasteiger partial charge < -0.3 is 19.0 Å². The predicted molar refractivity (Wildman–Crippen MR) is 106 cm³/mol. The number of carbonyl (C=O) groups is 1. The maximum atomic E-state index is 12.7. The Morgan fingerprint density at radius 1 is 1.39 bits per heavy atom. The molecule has 1 aliphatic rings. The number of nitriles is 1. The van der Waals surface area contributed by atoms with E-state index in [4.69, 9.17) is 9.15 Å². The Hall–Kier alpha value is -2.56. The molecular weight excluding hydrogens is 356 g/mol. The number of nitrogens with zero attached hydrogens (tertiary/aromatic N) is 3. The summed E-state index contributed by atoms with van der Waals surface area (Å²) in [5.74, 6) is 2.08. The molecule has 2 aromatic rings. The Kier molecular flexibility index (Phi) is 6.22. The normalized spacial score (nSPS) is 16.5. The van der Waals surface area contributed by atoms with E-state index in [2.05, 4.69) is 11.4 Å². The molecule has 3 heterocycles. The number of furan rings is 1. The fourth-order valence-electron chi connectivity index (χ4n) is 3.66. The van der Waals surface area contributed by atoms with Crippen molar-refractivity contribution in [1.82, 2.24) is 9.47 Å². The van der Waals surface area contributed by atoms with Crippen molar-refractivity contribution in [3.63, 3.8) is 0 Å². The summed E-state index contributed by atoms with van der Waals surface area (Å²) in [6.07, 6.45) is 2.17. The van der Waals surface area contributed by atoms with Crippen LogP contribution in [0.2, 0.25) is 0 Å². The molecule has 1 amide bonds. The lowest BCUT2D eigenvalue weighted by atomic mass is 10.2. The average molecular weight is 384 g/mol. The van der Waals surface area contributed by atoms with Gasteiger partial charge in [-0.25, -0.2) is 0 Å². The first-order chi connectivity index (χ1) is 13.4. The summed E-state index contributed by atoms with van der Waals surface area (Å²) in [7, 11) is 1.87. The summed E-state index contributed by atoms with van der Waals surface area (Å²) in [6, 6.07) is 6.07. The number of ether oxygens (including phenoxy) is 1. The van der Waals surface area contributed by atoms with Crippen LogP contribution in [0.25, 0.3) is 0 Å². The standard InChI is InChI=1S/C21H28N4O3/c1-14-7-8-18(28-14)11-24(4)13-20(26)23-21-19(10-22)15(2)16(3)25(21)12-17-6-5-9-27-17/h7-8,17H,5-6,9,11-13H2,1-4H3,(H,23,26)/t17-/m1/s1. The molecule has 2 aromatic heterocycles. The number of nitrogens with one attached hydrogen (secondary N) is 1. The van der Waals surface area contributed by atoms with E-state index >= 15 is 0 Å². The van der Waals surface area contributed by atoms with E-state index in [0.29, 0.717) is 24.5 Å². The van der Waals surface area contributed by atoms with E-state index in [-0.39, 0.29) is 18.6 Å². The van der Waals surface area contributed by atoms with Crippen molar-refractivity contribution in [2.75, 3.05) is 25.5 Å². The first-order valence-corrected chi connectivity index (χ1v) is 9.64. The van der Waals surface area contributed by atoms with Gasteiger partial charge in [-0.1, -0.05) is 0 Å². The minimum absolute atomic E-state index is 0.123. The first kappa shape index (κ1) is 20.2. The van der Waals surface area contributed by atoms with Crippen LogP contribution in [0.3, 0.4) is 0 Å². The van der Waals surface area contributed by atoms with Gasteiger partial charge in [0.25, 0.3) is 0 Å². The quantitative estimate of drug-likeness (QED) is 0.793. The van der Waals surface area contributed by atoms with Crippen LogP contribution in [0.5, 0.6) is 0 Å². The molecule has 0 aromatic carbocycles. The van der Waals surface area contributed by atoms with Crippen molar-refractivity contribution in [3.8, 4) is 6.07 Å². The minimum Gasteiger partial charge on any atom is -0.465 e. The number of carbonyl (C=O) groups excluding carboxylic acids is 1. The fourth-order valence-corrected chi connectivity index (χ4v) is 3.66. The Labute approximate surface area is 165 Å². The van der Waals surface area contributed by atoms with Gasteiger partial charge in [0.15, 0.2) is 0 Å². The SMILES string of the molecule is Cc1ccc(CN(C)CC(=O)Nc2c(C#N)c(C)c(C)n2C[C@H]2CCCO2)o1. The molecule has 1 fully saturated rings. The second-order valence-electron chi connectivity index (χ2n) is 7.52. The largest absolute Gasteiger partial charge is 0.465 e. The summed E-state index contributed by atoms with van der Waals surface area (Å²) in [6.45, 7) is 7.95. The molecule has 28 heavy (non-hydrogen) atoms. The molecule has 0 radical (unpaired) electrons. The lowest BCUT2D eigenvalue weighted by Gasteiger charge is -2.18. The van der Waals surface area contributed by atoms with Crippen molar-refractivity contribution in [3.05, 3.63) is 40.5 Å². The van der Waals surface area contributed by atoms with Crippen LogP contribution in [0.15, 0.2) is 16.5 Å². The Morgan fingerprint density at radius 3 is 2.79 bits per heavy atom. The third-order valence-electron chi connectivity index (χ3n) is 5.24. The molecule has 1 aliphatic heterocycles. The number of aryl methyl sites for hydroxylation is 1. The van der Waals surface area contributed by atoms with E-state index in [9.17, 15) is 10.1 Å². The molecule has 0 saturated carbocycles. The van der Waals surface area contributed by atoms with E-state index in [1.165, 1.54) is 0 Å². The van der Waals surface area contributed by atoms with Crippen LogP contribution in [0.4, 0.5) is 5.82 Å². The summed E-state index contributed by atoms with van der Waals surface area (Å²) >= 11 is 0. The van der Waals surface area contributed by atoms with E-state index in [1.807, 2.05) is 49.4 Å². The zero-order valence-corrected chi connectivity index (χ0v) is 17.0. The predicted octanol–water partition coefficient (Wildman–Crippen LogP) is 3.13. The highest BCUT2D eigenvalue weighted by Crippen LogP contribution is 2.28. The van der Waals surface area contributed by atoms with Crippen molar-refractivity contribution in [1.29, 1.82) is 5.26 Å². The van der Waals surface area contributed by atoms with Gasteiger partial charge >= 0.3 is 0 Å². The molecule has 7 nitrogen and oxygen atoms in total. The first-order valence-electron chi connectivity index (χ1n) is 9.64. The number of hydrogen-bond donors (Lipinski definition) is 1. The Bertz CT molecular complexity index is 884. The monoisotopic (exact) mass is 384 g/mol. The highest BCUT2D eigenvalue weighted by atomic mass is 16.5. The maximum Gasteiger partial charge on any atom is 0.239 e. The van der Waals surface area contributed by atoms with Crippen molar-refractivity contribution >= 4 is 11.7 Å². The summed E-state index contributed by atoms with van der Waals surface area (Å²) in [4.78, 5) is 14.5. The topological polar surface area (TPSA) is 83.4 Å². The molecule has 0 unspecified atom stereocenters. The van der Waals surface area contributed by atoms with Gasteiger partial charge in [0, 0.05) is 12.3 Å². The number of likely N-dealkylation sites (N-methyl/N-ethyl adjacent to an activating group) is 1. The number of hydrogen-bond acceptors (Lipinski definition) is 5. The van der Waals surface area contributed by atoms with Crippen molar-refractivity contribution in [2.24, 2.45) is 0 Å². The lowest BCUT2D eigenvalue weighted by molar-refractivity contribution is -0.117. The van der Waals surface area contributed by atoms with Gasteiger partial charge in [-0.2, -0.15) is 5.26 Å². The Morgan fingerprint density at radius 2 is 2.18 bits per heavy atom. The van der Waals surface area contributed by atoms with Crippen molar-refractivity contribution in [2.45, 2.75) is 52.8 Å². The fraction of sp³-hybridized carbons (Fsp3) is 0.524. The lowest BCUT2D eigenvalue weighted by Crippen LogP contribution is -2.31. The smallest absolute Gasteiger partial charge is 0.239 e. The average Bonchev–Trinajstić information content (AvgIpc) is 3.34. The molecule has 3 rings (SSSR count). The van der Waals surface area contributed by atoms with Crippen LogP contribution in [-0.4, -0.2) is 41.7 Å². The Balaban J connectivity index is 1.71. The van der Waals surface area contributed by atoms with Crippen LogP contribution in [0, 0.1) is 32.1 Å². The van der Waals surface area contributed by atoms with Crippen LogP contribution < -0.4 is 5.32 Å². The van der Waals surface area contributed by atoms with E-state index in [1.54, 1.807) is 0 Å². The molecule has 1 saturated heterocycles. The van der Waals surface area contributed by atoms with Gasteiger partial charge in [0.1, 0.15) is 23.4 Å². The van der Waals surface area contributed by atoms with Gasteiger partial charge in [-0.3, -0.25) is 9.69 Å². The third kappa shape index (κ3) is 4.46. The molecule has 1 atom stereocenters. The van der Waals surface area contributed by atoms with Gasteiger partial charge in [0.05, 0.1) is 31.3 Å². The molecule has 7 heteroatoms. The van der Waals surface area contributed by atoms with Gasteiger partial charge in [0.2, 0.25) is 5.91 Å². The molecule has 150 valence electrons. The molecule has 0 aliphatic carbocycles. The second-order valence-corrected chi connectivity index (χ2v) is 7.52. The summed E-state index contributed by atoms with van der Waals surface area (Å²) in [5.41, 5.74) is 2.41. The molecule has 1 N–H and O–H groups in total. The van der Waals surface area contributed by atoms with Gasteiger partial charge in [-0.05, 0) is 58.4 Å². The maximum absolute atomic E-state index is 12.7. The van der Waals surface area contributed by atoms with Crippen molar-refractivity contribution < 1.29 is 13.9 Å². The number of aromatic nitrogens is 1.